The Balaban J connectivity index is 2.75. The minimum Gasteiger partial charge on any atom is -0.466 e. The van der Waals surface area contributed by atoms with E-state index < -0.39 is 0 Å². The van der Waals surface area contributed by atoms with Crippen LogP contribution in [0.25, 0.3) is 0 Å². The third-order valence-corrected chi connectivity index (χ3v) is 3.50. The maximum Gasteiger partial charge on any atom is 0.307 e. The molecule has 0 saturated carbocycles. The number of benzene rings is 1. The molecule has 0 heterocycles. The van der Waals surface area contributed by atoms with E-state index in [0.717, 1.165) is 13.0 Å². The van der Waals surface area contributed by atoms with E-state index in [0.29, 0.717) is 18.9 Å². The lowest BCUT2D eigenvalue weighted by molar-refractivity contribution is -0.143. The maximum absolute atomic E-state index is 11.8. The fourth-order valence-electron chi connectivity index (χ4n) is 2.33. The van der Waals surface area contributed by atoms with E-state index in [1.54, 1.807) is 0 Å². The summed E-state index contributed by atoms with van der Waals surface area (Å²) in [6.07, 6.45) is 1.28. The van der Waals surface area contributed by atoms with Gasteiger partial charge in [-0.15, -0.1) is 0 Å². The van der Waals surface area contributed by atoms with Crippen molar-refractivity contribution in [3.05, 3.63) is 34.9 Å². The summed E-state index contributed by atoms with van der Waals surface area (Å²) < 4.78 is 5.09. The van der Waals surface area contributed by atoms with E-state index in [9.17, 15) is 4.79 Å². The maximum atomic E-state index is 11.8. The lowest BCUT2D eigenvalue weighted by Gasteiger charge is -2.20. The Morgan fingerprint density at radius 3 is 2.62 bits per heavy atom. The van der Waals surface area contributed by atoms with E-state index in [2.05, 4.69) is 51.2 Å². The highest BCUT2D eigenvalue weighted by Gasteiger charge is 2.16. The fourth-order valence-corrected chi connectivity index (χ4v) is 2.33. The van der Waals surface area contributed by atoms with E-state index in [4.69, 9.17) is 4.74 Å². The largest absolute Gasteiger partial charge is 0.466 e. The zero-order valence-electron chi connectivity index (χ0n) is 14.0. The van der Waals surface area contributed by atoms with Gasteiger partial charge in [-0.1, -0.05) is 37.6 Å². The number of ether oxygens (including phenoxy) is 1. The normalized spacial score (nSPS) is 12.5. The van der Waals surface area contributed by atoms with Crippen molar-refractivity contribution < 1.29 is 9.53 Å². The van der Waals surface area contributed by atoms with Gasteiger partial charge in [-0.2, -0.15) is 0 Å². The Bertz CT molecular complexity index is 455. The molecule has 0 spiro atoms. The van der Waals surface area contributed by atoms with Crippen molar-refractivity contribution in [3.63, 3.8) is 0 Å². The van der Waals surface area contributed by atoms with Crippen molar-refractivity contribution >= 4 is 5.97 Å². The van der Waals surface area contributed by atoms with Crippen molar-refractivity contribution in [1.82, 2.24) is 5.32 Å². The van der Waals surface area contributed by atoms with Crippen LogP contribution in [0, 0.1) is 19.8 Å². The molecule has 3 nitrogen and oxygen atoms in total. The van der Waals surface area contributed by atoms with E-state index in [1.807, 2.05) is 6.92 Å². The van der Waals surface area contributed by atoms with Gasteiger partial charge in [0.05, 0.1) is 13.0 Å². The van der Waals surface area contributed by atoms with Gasteiger partial charge in [0, 0.05) is 6.04 Å². The van der Waals surface area contributed by atoms with Gasteiger partial charge >= 0.3 is 5.97 Å². The highest BCUT2D eigenvalue weighted by Crippen LogP contribution is 2.14. The van der Waals surface area contributed by atoms with E-state index in [1.165, 1.54) is 16.7 Å². The molecule has 1 unspecified atom stereocenters. The van der Waals surface area contributed by atoms with Crippen molar-refractivity contribution in [3.8, 4) is 0 Å². The summed E-state index contributed by atoms with van der Waals surface area (Å²) in [5, 5.41) is 3.50. The molecule has 21 heavy (non-hydrogen) atoms. The van der Waals surface area contributed by atoms with Gasteiger partial charge in [-0.3, -0.25) is 4.79 Å². The lowest BCUT2D eigenvalue weighted by Crippen LogP contribution is -2.36. The second kappa shape index (κ2) is 8.83. The molecule has 3 heteroatoms. The van der Waals surface area contributed by atoms with Crippen molar-refractivity contribution in [1.29, 1.82) is 0 Å². The van der Waals surface area contributed by atoms with Crippen LogP contribution in [0.5, 0.6) is 0 Å². The van der Waals surface area contributed by atoms with Gasteiger partial charge in [0.25, 0.3) is 0 Å². The molecular formula is C18H29NO2. The lowest BCUT2D eigenvalue weighted by atomic mass is 9.97. The average Bonchev–Trinajstić information content (AvgIpc) is 2.40. The van der Waals surface area contributed by atoms with Crippen LogP contribution in [0.1, 0.15) is 43.9 Å². The number of hydrogen-bond acceptors (Lipinski definition) is 3. The van der Waals surface area contributed by atoms with Gasteiger partial charge in [-0.25, -0.2) is 0 Å². The zero-order valence-corrected chi connectivity index (χ0v) is 14.0. The first-order valence-corrected chi connectivity index (χ1v) is 7.87. The summed E-state index contributed by atoms with van der Waals surface area (Å²) in [4.78, 5) is 11.8. The van der Waals surface area contributed by atoms with Crippen LogP contribution in [-0.4, -0.2) is 25.2 Å². The van der Waals surface area contributed by atoms with Gasteiger partial charge in [0.15, 0.2) is 0 Å². The Labute approximate surface area is 129 Å². The van der Waals surface area contributed by atoms with Gasteiger partial charge < -0.3 is 10.1 Å². The highest BCUT2D eigenvalue weighted by atomic mass is 16.5. The Kier molecular flexibility index (Phi) is 7.44. The van der Waals surface area contributed by atoms with Crippen molar-refractivity contribution in [2.75, 3.05) is 13.2 Å². The summed E-state index contributed by atoms with van der Waals surface area (Å²) in [5.41, 5.74) is 3.84. The third-order valence-electron chi connectivity index (χ3n) is 3.50. The number of carbonyl (C=O) groups is 1. The van der Waals surface area contributed by atoms with Gasteiger partial charge in [0.1, 0.15) is 0 Å². The topological polar surface area (TPSA) is 38.3 Å². The van der Waals surface area contributed by atoms with E-state index >= 15 is 0 Å². The molecule has 0 radical (unpaired) electrons. The predicted octanol–water partition coefficient (Wildman–Crippen LogP) is 3.41. The third kappa shape index (κ3) is 6.76. The average molecular weight is 291 g/mol. The Morgan fingerprint density at radius 1 is 1.29 bits per heavy atom. The second-order valence-corrected chi connectivity index (χ2v) is 6.14. The molecule has 118 valence electrons. The first-order chi connectivity index (χ1) is 9.92. The molecular weight excluding hydrogens is 262 g/mol. The summed E-state index contributed by atoms with van der Waals surface area (Å²) in [6, 6.07) is 6.62. The van der Waals surface area contributed by atoms with Gasteiger partial charge in [-0.05, 0) is 50.8 Å². The predicted molar refractivity (Wildman–Crippen MR) is 87.5 cm³/mol. The fraction of sp³-hybridized carbons (Fsp3) is 0.611. The second-order valence-electron chi connectivity index (χ2n) is 6.14. The Hall–Kier alpha value is -1.35. The van der Waals surface area contributed by atoms with Crippen LogP contribution in [0.3, 0.4) is 0 Å². The summed E-state index contributed by atoms with van der Waals surface area (Å²) in [5.74, 6) is 0.442. The molecule has 0 amide bonds. The number of aryl methyl sites for hydroxylation is 2. The summed E-state index contributed by atoms with van der Waals surface area (Å²) in [7, 11) is 0. The van der Waals surface area contributed by atoms with Crippen molar-refractivity contribution in [2.45, 2.75) is 53.5 Å². The molecule has 0 aliphatic carbocycles. The number of carbonyl (C=O) groups excluding carboxylic acids is 1. The van der Waals surface area contributed by atoms with Crippen LogP contribution >= 0.6 is 0 Å². The monoisotopic (exact) mass is 291 g/mol. The molecule has 0 fully saturated rings. The molecule has 1 rings (SSSR count). The highest BCUT2D eigenvalue weighted by molar-refractivity contribution is 5.70. The molecule has 1 aromatic carbocycles. The molecule has 1 atom stereocenters. The molecule has 0 aromatic heterocycles. The molecule has 0 aliphatic heterocycles. The molecule has 0 aliphatic rings. The smallest absolute Gasteiger partial charge is 0.307 e. The first kappa shape index (κ1) is 17.7. The van der Waals surface area contributed by atoms with Gasteiger partial charge in [0.2, 0.25) is 0 Å². The minimum absolute atomic E-state index is 0.121. The SMILES string of the molecule is CCOC(=O)CC(Cc1cc(C)ccc1C)NCC(C)C. The van der Waals surface area contributed by atoms with Crippen molar-refractivity contribution in [2.24, 2.45) is 5.92 Å². The zero-order chi connectivity index (χ0) is 15.8. The standard InChI is InChI=1S/C18H29NO2/c1-6-21-18(20)11-17(19-12-13(2)3)10-16-9-14(4)7-8-15(16)5/h7-9,13,17,19H,6,10-12H2,1-5H3. The number of hydrogen-bond donors (Lipinski definition) is 1. The Morgan fingerprint density at radius 2 is 2.00 bits per heavy atom. The summed E-state index contributed by atoms with van der Waals surface area (Å²) >= 11 is 0. The van der Waals surface area contributed by atoms with Crippen LogP contribution in [0.15, 0.2) is 18.2 Å². The minimum atomic E-state index is -0.121. The number of rotatable bonds is 8. The van der Waals surface area contributed by atoms with Crippen LogP contribution in [0.2, 0.25) is 0 Å². The van der Waals surface area contributed by atoms with Crippen LogP contribution in [0.4, 0.5) is 0 Å². The summed E-state index contributed by atoms with van der Waals surface area (Å²) in [6.45, 7) is 11.8. The molecule has 1 aromatic rings. The van der Waals surface area contributed by atoms with Crippen LogP contribution < -0.4 is 5.32 Å². The quantitative estimate of drug-likeness (QED) is 0.746. The van der Waals surface area contributed by atoms with E-state index in [-0.39, 0.29) is 12.0 Å². The number of esters is 1. The first-order valence-electron chi connectivity index (χ1n) is 7.87. The number of nitrogens with one attached hydrogen (secondary N) is 1. The molecule has 1 N–H and O–H groups in total. The van der Waals surface area contributed by atoms with Crippen LogP contribution in [-0.2, 0) is 16.0 Å². The molecule has 0 saturated heterocycles. The molecule has 0 bridgehead atoms.